The van der Waals surface area contributed by atoms with Crippen LogP contribution >= 0.6 is 0 Å². The van der Waals surface area contributed by atoms with E-state index in [1.807, 2.05) is 79.0 Å². The van der Waals surface area contributed by atoms with Crippen molar-refractivity contribution in [3.05, 3.63) is 102 Å². The maximum Gasteiger partial charge on any atom is 0.125 e. The minimum atomic E-state index is -0.119. The number of aliphatic imine (C=N–C) groups is 1. The summed E-state index contributed by atoms with van der Waals surface area (Å²) < 4.78 is 0. The van der Waals surface area contributed by atoms with Crippen molar-refractivity contribution in [2.45, 2.75) is 12.7 Å². The maximum atomic E-state index is 5.80. The number of hydrogen-bond donors (Lipinski definition) is 2. The fraction of sp³-hybridized carbons (Fsp3) is 0.0952. The minimum Gasteiger partial charge on any atom is -0.399 e. The van der Waals surface area contributed by atoms with Gasteiger partial charge in [0.1, 0.15) is 6.17 Å². The summed E-state index contributed by atoms with van der Waals surface area (Å²) in [4.78, 5) is 4.73. The molecule has 0 bridgehead atoms. The van der Waals surface area contributed by atoms with Gasteiger partial charge in [0.15, 0.2) is 0 Å². The molecule has 0 amide bonds. The van der Waals surface area contributed by atoms with Crippen molar-refractivity contribution >= 4 is 11.9 Å². The molecule has 3 aromatic carbocycles. The molecule has 3 nitrogen and oxygen atoms in total. The first-order chi connectivity index (χ1) is 11.8. The van der Waals surface area contributed by atoms with E-state index in [0.29, 0.717) is 0 Å². The highest BCUT2D eigenvalue weighted by atomic mass is 15.1. The molecule has 1 unspecified atom stereocenters. The van der Waals surface area contributed by atoms with Crippen molar-refractivity contribution in [3.8, 4) is 0 Å². The molecular formula is C21H21N3. The van der Waals surface area contributed by atoms with Gasteiger partial charge in [0, 0.05) is 18.4 Å². The Hall–Kier alpha value is -2.91. The second kappa shape index (κ2) is 8.09. The lowest BCUT2D eigenvalue weighted by Gasteiger charge is -2.15. The van der Waals surface area contributed by atoms with Crippen LogP contribution in [-0.4, -0.2) is 6.21 Å². The van der Waals surface area contributed by atoms with Crippen LogP contribution in [0.3, 0.4) is 0 Å². The van der Waals surface area contributed by atoms with Crippen LogP contribution in [0.5, 0.6) is 0 Å². The van der Waals surface area contributed by atoms with Crippen LogP contribution < -0.4 is 11.1 Å². The lowest BCUT2D eigenvalue weighted by Crippen LogP contribution is -2.19. The molecule has 0 aliphatic carbocycles. The molecule has 0 radical (unpaired) electrons. The molecule has 3 N–H and O–H groups in total. The van der Waals surface area contributed by atoms with E-state index in [2.05, 4.69) is 17.4 Å². The molecule has 3 aromatic rings. The Morgan fingerprint density at radius 1 is 0.833 bits per heavy atom. The van der Waals surface area contributed by atoms with Gasteiger partial charge in [-0.25, -0.2) is 0 Å². The Kier molecular flexibility index (Phi) is 5.38. The topological polar surface area (TPSA) is 50.4 Å². The zero-order valence-electron chi connectivity index (χ0n) is 13.5. The number of nitrogens with two attached hydrogens (primary N) is 1. The molecule has 0 saturated heterocycles. The van der Waals surface area contributed by atoms with Crippen molar-refractivity contribution in [3.63, 3.8) is 0 Å². The summed E-state index contributed by atoms with van der Waals surface area (Å²) in [5.74, 6) is 0. The fourth-order valence-corrected chi connectivity index (χ4v) is 2.45. The largest absolute Gasteiger partial charge is 0.399 e. The van der Waals surface area contributed by atoms with Crippen molar-refractivity contribution < 1.29 is 0 Å². The summed E-state index contributed by atoms with van der Waals surface area (Å²) in [6.45, 7) is 0.752. The van der Waals surface area contributed by atoms with Crippen molar-refractivity contribution in [2.75, 3.05) is 5.73 Å². The second-order valence-corrected chi connectivity index (χ2v) is 5.62. The number of hydrogen-bond acceptors (Lipinski definition) is 3. The average Bonchev–Trinajstić information content (AvgIpc) is 2.64. The molecule has 0 heterocycles. The smallest absolute Gasteiger partial charge is 0.125 e. The number of benzene rings is 3. The van der Waals surface area contributed by atoms with Crippen LogP contribution in [-0.2, 0) is 6.54 Å². The highest BCUT2D eigenvalue weighted by molar-refractivity contribution is 5.79. The average molecular weight is 315 g/mol. The van der Waals surface area contributed by atoms with Crippen LogP contribution in [0.25, 0.3) is 0 Å². The van der Waals surface area contributed by atoms with Crippen LogP contribution in [0.4, 0.5) is 5.69 Å². The van der Waals surface area contributed by atoms with Gasteiger partial charge in [0.05, 0.1) is 0 Å². The highest BCUT2D eigenvalue weighted by Gasteiger charge is 2.08. The Morgan fingerprint density at radius 3 is 2.12 bits per heavy atom. The number of nitrogens with one attached hydrogen (secondary N) is 1. The SMILES string of the molecule is Nc1ccc(C(N=Cc2ccccc2)NCc2ccccc2)cc1. The monoisotopic (exact) mass is 315 g/mol. The highest BCUT2D eigenvalue weighted by Crippen LogP contribution is 2.17. The zero-order chi connectivity index (χ0) is 16.6. The van der Waals surface area contributed by atoms with Crippen LogP contribution in [0, 0.1) is 0 Å². The van der Waals surface area contributed by atoms with Gasteiger partial charge in [-0.1, -0.05) is 72.8 Å². The molecule has 0 aliphatic heterocycles. The lowest BCUT2D eigenvalue weighted by atomic mass is 10.1. The summed E-state index contributed by atoms with van der Waals surface area (Å²) in [6.07, 6.45) is 1.78. The standard InChI is InChI=1S/C21H21N3/c22-20-13-11-19(12-14-20)21(23-15-17-7-3-1-4-8-17)24-16-18-9-5-2-6-10-18/h1-15,21,24H,16,22H2. The van der Waals surface area contributed by atoms with Gasteiger partial charge in [-0.3, -0.25) is 10.3 Å². The maximum absolute atomic E-state index is 5.80. The summed E-state index contributed by atoms with van der Waals surface area (Å²) in [5, 5.41) is 3.50. The predicted molar refractivity (Wildman–Crippen MR) is 101 cm³/mol. The van der Waals surface area contributed by atoms with Crippen LogP contribution in [0.15, 0.2) is 89.9 Å². The molecule has 24 heavy (non-hydrogen) atoms. The fourth-order valence-electron chi connectivity index (χ4n) is 2.45. The predicted octanol–water partition coefficient (Wildman–Crippen LogP) is 4.18. The number of anilines is 1. The summed E-state index contributed by atoms with van der Waals surface area (Å²) in [5.41, 5.74) is 9.96. The number of nitrogens with zero attached hydrogens (tertiary/aromatic N) is 1. The molecule has 120 valence electrons. The third kappa shape index (κ3) is 4.54. The lowest BCUT2D eigenvalue weighted by molar-refractivity contribution is 0.556. The van der Waals surface area contributed by atoms with Gasteiger partial charge in [-0.15, -0.1) is 0 Å². The van der Waals surface area contributed by atoms with Gasteiger partial charge in [0.2, 0.25) is 0 Å². The van der Waals surface area contributed by atoms with Gasteiger partial charge in [-0.05, 0) is 28.8 Å². The normalized spacial score (nSPS) is 12.3. The van der Waals surface area contributed by atoms with E-state index in [1.54, 1.807) is 0 Å². The molecule has 0 spiro atoms. The summed E-state index contributed by atoms with van der Waals surface area (Å²) >= 11 is 0. The minimum absolute atomic E-state index is 0.119. The van der Waals surface area contributed by atoms with Gasteiger partial charge < -0.3 is 5.73 Å². The van der Waals surface area contributed by atoms with E-state index in [4.69, 9.17) is 10.7 Å². The third-order valence-corrected chi connectivity index (χ3v) is 3.77. The molecule has 0 aromatic heterocycles. The molecule has 0 saturated carbocycles. The van der Waals surface area contributed by atoms with E-state index >= 15 is 0 Å². The molecule has 3 heteroatoms. The van der Waals surface area contributed by atoms with Crippen molar-refractivity contribution in [2.24, 2.45) is 4.99 Å². The Labute approximate surface area is 142 Å². The van der Waals surface area contributed by atoms with Gasteiger partial charge >= 0.3 is 0 Å². The zero-order valence-corrected chi connectivity index (χ0v) is 13.5. The van der Waals surface area contributed by atoms with E-state index < -0.39 is 0 Å². The van der Waals surface area contributed by atoms with Gasteiger partial charge in [0.25, 0.3) is 0 Å². The Bertz CT molecular complexity index is 765. The summed E-state index contributed by atoms with van der Waals surface area (Å²) in [6, 6.07) is 28.3. The first kappa shape index (κ1) is 16.0. The molecule has 0 fully saturated rings. The first-order valence-electron chi connectivity index (χ1n) is 8.02. The molecular weight excluding hydrogens is 294 g/mol. The molecule has 0 aliphatic rings. The van der Waals surface area contributed by atoms with Crippen molar-refractivity contribution in [1.82, 2.24) is 5.32 Å². The Balaban J connectivity index is 1.77. The van der Waals surface area contributed by atoms with E-state index in [0.717, 1.165) is 23.4 Å². The Morgan fingerprint density at radius 2 is 1.46 bits per heavy atom. The van der Waals surface area contributed by atoms with Crippen LogP contribution in [0.2, 0.25) is 0 Å². The third-order valence-electron chi connectivity index (χ3n) is 3.77. The quantitative estimate of drug-likeness (QED) is 0.529. The van der Waals surface area contributed by atoms with E-state index in [9.17, 15) is 0 Å². The van der Waals surface area contributed by atoms with Gasteiger partial charge in [-0.2, -0.15) is 0 Å². The molecule has 3 rings (SSSR count). The summed E-state index contributed by atoms with van der Waals surface area (Å²) in [7, 11) is 0. The van der Waals surface area contributed by atoms with Crippen molar-refractivity contribution in [1.29, 1.82) is 0 Å². The number of rotatable bonds is 6. The number of nitrogen functional groups attached to an aromatic ring is 1. The van der Waals surface area contributed by atoms with E-state index in [1.165, 1.54) is 5.56 Å². The van der Waals surface area contributed by atoms with E-state index in [-0.39, 0.29) is 6.17 Å². The first-order valence-corrected chi connectivity index (χ1v) is 8.02. The second-order valence-electron chi connectivity index (χ2n) is 5.62. The van der Waals surface area contributed by atoms with Crippen LogP contribution in [0.1, 0.15) is 22.9 Å². The molecule has 1 atom stereocenters.